The monoisotopic (exact) mass is 455 g/mol. The summed E-state index contributed by atoms with van der Waals surface area (Å²) in [5.41, 5.74) is 0.908. The molecule has 1 unspecified atom stereocenters. The van der Waals surface area contributed by atoms with Gasteiger partial charge in [-0.25, -0.2) is 22.8 Å². The Kier molecular flexibility index (Phi) is 5.77. The van der Waals surface area contributed by atoms with Crippen LogP contribution in [0.5, 0.6) is 0 Å². The van der Waals surface area contributed by atoms with Crippen molar-refractivity contribution in [2.24, 2.45) is 0 Å². The molecule has 0 amide bonds. The molecule has 164 valence electrons. The van der Waals surface area contributed by atoms with Gasteiger partial charge < -0.3 is 4.57 Å². The fourth-order valence-electron chi connectivity index (χ4n) is 3.10. The minimum atomic E-state index is -4.76. The van der Waals surface area contributed by atoms with Gasteiger partial charge in [-0.05, 0) is 39.0 Å². The molecule has 0 fully saturated rings. The van der Waals surface area contributed by atoms with Crippen molar-refractivity contribution < 1.29 is 26.0 Å². The molecule has 7 nitrogen and oxygen atoms in total. The van der Waals surface area contributed by atoms with Crippen molar-refractivity contribution in [2.45, 2.75) is 43.9 Å². The number of benzene rings is 1. The molecule has 31 heavy (non-hydrogen) atoms. The number of rotatable bonds is 5. The summed E-state index contributed by atoms with van der Waals surface area (Å²) in [6.07, 6.45) is -3.04. The second-order valence-electron chi connectivity index (χ2n) is 7.09. The second-order valence-corrected chi connectivity index (χ2v) is 8.80. The predicted octanol–water partition coefficient (Wildman–Crippen LogP) is 3.92. The Morgan fingerprint density at radius 1 is 1.16 bits per heavy atom. The molecule has 0 aliphatic rings. The molecular formula is C19H17F4N5O2S. The van der Waals surface area contributed by atoms with Crippen molar-refractivity contribution in [1.29, 1.82) is 5.26 Å². The van der Waals surface area contributed by atoms with Crippen LogP contribution in [0.15, 0.2) is 35.5 Å². The highest BCUT2D eigenvalue weighted by Crippen LogP contribution is 2.35. The average molecular weight is 455 g/mol. The number of sulfonamides is 1. The van der Waals surface area contributed by atoms with Gasteiger partial charge in [-0.1, -0.05) is 0 Å². The van der Waals surface area contributed by atoms with E-state index in [2.05, 4.69) is 9.97 Å². The molecule has 2 aromatic heterocycles. The lowest BCUT2D eigenvalue weighted by Crippen LogP contribution is -2.43. The number of alkyl halides is 3. The topological polar surface area (TPSA) is 101 Å². The number of hydrogen-bond acceptors (Lipinski definition) is 5. The highest BCUT2D eigenvalue weighted by molar-refractivity contribution is 7.89. The van der Waals surface area contributed by atoms with Crippen LogP contribution in [0.1, 0.15) is 32.4 Å². The van der Waals surface area contributed by atoms with Crippen molar-refractivity contribution in [3.05, 3.63) is 42.0 Å². The number of nitrogens with zero attached hydrogens (tertiary/aromatic N) is 4. The van der Waals surface area contributed by atoms with E-state index < -0.39 is 33.0 Å². The molecule has 1 N–H and O–H groups in total. The molecule has 3 rings (SSSR count). The SMILES string of the molecule is CC(C)n1c(-c2ncc(S(=O)(=O)NC(C)C(F)(F)F)cn2)c(C#N)c2cc(F)ccc21. The first-order valence-electron chi connectivity index (χ1n) is 9.01. The van der Waals surface area contributed by atoms with Crippen LogP contribution < -0.4 is 4.72 Å². The highest BCUT2D eigenvalue weighted by atomic mass is 32.2. The molecule has 12 heteroatoms. The Morgan fingerprint density at radius 2 is 1.77 bits per heavy atom. The molecular weight excluding hydrogens is 438 g/mol. The van der Waals surface area contributed by atoms with Crippen LogP contribution in [0.3, 0.4) is 0 Å². The Labute approximate surface area is 175 Å². The van der Waals surface area contributed by atoms with E-state index in [0.717, 1.165) is 12.4 Å². The van der Waals surface area contributed by atoms with Crippen LogP contribution in [0.4, 0.5) is 17.6 Å². The molecule has 0 saturated carbocycles. The summed E-state index contributed by atoms with van der Waals surface area (Å²) in [7, 11) is -4.53. The van der Waals surface area contributed by atoms with Crippen LogP contribution >= 0.6 is 0 Å². The predicted molar refractivity (Wildman–Crippen MR) is 104 cm³/mol. The van der Waals surface area contributed by atoms with Gasteiger partial charge in [-0.15, -0.1) is 0 Å². The summed E-state index contributed by atoms with van der Waals surface area (Å²) in [5.74, 6) is -0.562. The summed E-state index contributed by atoms with van der Waals surface area (Å²) >= 11 is 0. The van der Waals surface area contributed by atoms with E-state index >= 15 is 0 Å². The van der Waals surface area contributed by atoms with Gasteiger partial charge in [-0.2, -0.15) is 23.2 Å². The van der Waals surface area contributed by atoms with Gasteiger partial charge in [0.2, 0.25) is 10.0 Å². The fraction of sp³-hybridized carbons (Fsp3) is 0.316. The number of aromatic nitrogens is 3. The van der Waals surface area contributed by atoms with E-state index in [-0.39, 0.29) is 23.1 Å². The van der Waals surface area contributed by atoms with Gasteiger partial charge in [0.25, 0.3) is 0 Å². The average Bonchev–Trinajstić information content (AvgIpc) is 3.00. The Hall–Kier alpha value is -3.04. The lowest BCUT2D eigenvalue weighted by atomic mass is 10.1. The third-order valence-corrected chi connectivity index (χ3v) is 6.06. The second kappa shape index (κ2) is 7.90. The smallest absolute Gasteiger partial charge is 0.334 e. The third kappa shape index (κ3) is 4.24. The minimum Gasteiger partial charge on any atom is -0.334 e. The largest absolute Gasteiger partial charge is 0.404 e. The number of nitriles is 1. The number of fused-ring (bicyclic) bond motifs is 1. The van der Waals surface area contributed by atoms with E-state index in [1.807, 2.05) is 19.9 Å². The molecule has 3 aromatic rings. The maximum absolute atomic E-state index is 13.8. The number of nitrogens with one attached hydrogen (secondary N) is 1. The van der Waals surface area contributed by atoms with Gasteiger partial charge in [0.1, 0.15) is 28.5 Å². The molecule has 0 bridgehead atoms. The Bertz CT molecular complexity index is 1280. The fourth-order valence-corrected chi connectivity index (χ4v) is 4.22. The summed E-state index contributed by atoms with van der Waals surface area (Å²) in [5, 5.41) is 10.0. The van der Waals surface area contributed by atoms with Gasteiger partial charge in [0.05, 0.1) is 23.5 Å². The molecule has 1 atom stereocenters. The Morgan fingerprint density at radius 3 is 2.29 bits per heavy atom. The van der Waals surface area contributed by atoms with Crippen molar-refractivity contribution in [3.63, 3.8) is 0 Å². The van der Waals surface area contributed by atoms with E-state index in [1.165, 1.54) is 22.9 Å². The van der Waals surface area contributed by atoms with Crippen molar-refractivity contribution >= 4 is 20.9 Å². The number of halogens is 4. The maximum atomic E-state index is 13.8. The molecule has 2 heterocycles. The molecule has 0 aliphatic carbocycles. The zero-order valence-corrected chi connectivity index (χ0v) is 17.4. The third-order valence-electron chi connectivity index (χ3n) is 4.57. The lowest BCUT2D eigenvalue weighted by molar-refractivity contribution is -0.147. The normalized spacial score (nSPS) is 13.5. The summed E-state index contributed by atoms with van der Waals surface area (Å²) in [6, 6.07) is 3.47. The summed E-state index contributed by atoms with van der Waals surface area (Å²) in [4.78, 5) is 7.39. The van der Waals surface area contributed by atoms with Crippen LogP contribution in [-0.2, 0) is 10.0 Å². The van der Waals surface area contributed by atoms with Gasteiger partial charge in [-0.3, -0.25) is 0 Å². The van der Waals surface area contributed by atoms with E-state index in [1.54, 1.807) is 4.57 Å². The summed E-state index contributed by atoms with van der Waals surface area (Å²) < 4.78 is 79.5. The summed E-state index contributed by atoms with van der Waals surface area (Å²) in [6.45, 7) is 4.33. The highest BCUT2D eigenvalue weighted by Gasteiger charge is 2.39. The van der Waals surface area contributed by atoms with Crippen LogP contribution in [0.2, 0.25) is 0 Å². The minimum absolute atomic E-state index is 0.0234. The first-order chi connectivity index (χ1) is 14.4. The van der Waals surface area contributed by atoms with Gasteiger partial charge >= 0.3 is 6.18 Å². The van der Waals surface area contributed by atoms with E-state index in [9.17, 15) is 31.2 Å². The van der Waals surface area contributed by atoms with Crippen molar-refractivity contribution in [3.8, 4) is 17.6 Å². The van der Waals surface area contributed by atoms with E-state index in [4.69, 9.17) is 0 Å². The zero-order chi connectivity index (χ0) is 23.1. The maximum Gasteiger partial charge on any atom is 0.404 e. The van der Waals surface area contributed by atoms with Crippen molar-refractivity contribution in [2.75, 3.05) is 0 Å². The van der Waals surface area contributed by atoms with E-state index in [0.29, 0.717) is 17.8 Å². The Balaban J connectivity index is 2.11. The molecule has 1 aromatic carbocycles. The molecule has 0 saturated heterocycles. The molecule has 0 spiro atoms. The van der Waals surface area contributed by atoms with Crippen molar-refractivity contribution in [1.82, 2.24) is 19.3 Å². The first-order valence-corrected chi connectivity index (χ1v) is 10.5. The quantitative estimate of drug-likeness (QED) is 0.588. The number of hydrogen-bond donors (Lipinski definition) is 1. The first kappa shape index (κ1) is 22.6. The standard InChI is InChI=1S/C19H17F4N5O2S/c1-10(2)28-16-5-4-12(20)6-14(16)15(7-24)17(28)18-25-8-13(9-26-18)31(29,30)27-11(3)19(21,22)23/h4-6,8-11,27H,1-3H3. The van der Waals surface area contributed by atoms with Gasteiger partial charge in [0.15, 0.2) is 5.82 Å². The van der Waals surface area contributed by atoms with Crippen LogP contribution in [-0.4, -0.2) is 35.2 Å². The van der Waals surface area contributed by atoms with Crippen LogP contribution in [0.25, 0.3) is 22.4 Å². The van der Waals surface area contributed by atoms with Crippen LogP contribution in [0, 0.1) is 17.1 Å². The lowest BCUT2D eigenvalue weighted by Gasteiger charge is -2.17. The van der Waals surface area contributed by atoms with Gasteiger partial charge in [0, 0.05) is 11.4 Å². The molecule has 0 radical (unpaired) electrons. The zero-order valence-electron chi connectivity index (χ0n) is 16.6. The molecule has 0 aliphatic heterocycles.